The Kier molecular flexibility index (Phi) is 30.7. The lowest BCUT2D eigenvalue weighted by atomic mass is 10.2. The zero-order valence-electron chi connectivity index (χ0n) is 47.6. The van der Waals surface area contributed by atoms with E-state index in [2.05, 4.69) is 13.5 Å². The van der Waals surface area contributed by atoms with E-state index in [4.69, 9.17) is 111 Å². The van der Waals surface area contributed by atoms with E-state index < -0.39 is 19.1 Å². The molecular formula is C68H64Cl7N3O8S2. The number of halogens is 7. The maximum Gasteiger partial charge on any atom is 0.257 e. The number of nitrogen functional groups attached to an aromatic ring is 2. The fourth-order valence-corrected chi connectivity index (χ4v) is 10.5. The summed E-state index contributed by atoms with van der Waals surface area (Å²) in [6.07, 6.45) is 7.75. The molecule has 10 rings (SSSR count). The van der Waals surface area contributed by atoms with Crippen LogP contribution in [0.15, 0.2) is 236 Å². The summed E-state index contributed by atoms with van der Waals surface area (Å²) in [6, 6.07) is 64.2. The standard InChI is InChI=1S/C28H22Cl3NO3S.C13H12ClNO.C8H6Cl2O2S.C8H7Cl.C6H7NO.C5H10O/c29-24-8-1-5-21(15-24)13-14-36(33,34)32(19-22-6-2-9-25(30)16-22)27-11-4-12-28(18-27)35-20-23-7-3-10-26(31)17-23;14-11-4-1-3-10(7-11)9-16-13-6-2-5-12(15)8-13;9-8-3-1-2-7(6-8)4-5-13(10,11)12;1-2-7-4-3-5-8(9)6-7;7-5-2-1-3-6(8)4-5;1-5-3-2-4-6-5/h1-18H,19-20H2;1-8H,9,15H2;1-6H;2-6H,1H2;1-4,8H,7H2;5H,2-4H2,1H3/b14-13+;;5-4+;;;. The third-order valence-electron chi connectivity index (χ3n) is 11.7. The molecule has 88 heavy (non-hydrogen) atoms. The van der Waals surface area contributed by atoms with Gasteiger partial charge in [0.2, 0.25) is 0 Å². The molecule has 0 aromatic heterocycles. The van der Waals surface area contributed by atoms with Crippen molar-refractivity contribution in [3.63, 3.8) is 0 Å². The second-order valence-electron chi connectivity index (χ2n) is 19.0. The molecule has 1 saturated heterocycles. The molecule has 9 aromatic rings. The Morgan fingerprint density at radius 3 is 1.36 bits per heavy atom. The van der Waals surface area contributed by atoms with Crippen LogP contribution in [0.3, 0.4) is 0 Å². The molecule has 460 valence electrons. The molecule has 0 bridgehead atoms. The van der Waals surface area contributed by atoms with E-state index >= 15 is 0 Å². The van der Waals surface area contributed by atoms with Crippen LogP contribution in [0.1, 0.15) is 53.1 Å². The number of aromatic hydroxyl groups is 1. The number of hydrogen-bond donors (Lipinski definition) is 3. The molecule has 1 atom stereocenters. The Balaban J connectivity index is 0.000000222. The average molecular weight is 1360 g/mol. The van der Waals surface area contributed by atoms with Crippen LogP contribution in [-0.4, -0.2) is 34.7 Å². The normalized spacial score (nSPS) is 12.4. The largest absolute Gasteiger partial charge is 0.508 e. The summed E-state index contributed by atoms with van der Waals surface area (Å²) >= 11 is 35.5. The van der Waals surface area contributed by atoms with Crippen molar-refractivity contribution in [3.05, 3.63) is 299 Å². The molecule has 1 aliphatic rings. The minimum Gasteiger partial charge on any atom is -0.508 e. The van der Waals surface area contributed by atoms with Gasteiger partial charge in [0, 0.05) is 82.4 Å². The van der Waals surface area contributed by atoms with Crippen molar-refractivity contribution >= 4 is 135 Å². The number of benzene rings is 9. The minimum absolute atomic E-state index is 0.0839. The van der Waals surface area contributed by atoms with Gasteiger partial charge in [-0.15, -0.1) is 0 Å². The van der Waals surface area contributed by atoms with Crippen molar-refractivity contribution in [2.75, 3.05) is 22.4 Å². The number of anilines is 3. The topological polar surface area (TPSA) is 171 Å². The van der Waals surface area contributed by atoms with Gasteiger partial charge in [0.15, 0.2) is 0 Å². The fraction of sp³-hybridized carbons (Fsp3) is 0.118. The van der Waals surface area contributed by atoms with Gasteiger partial charge in [-0.2, -0.15) is 0 Å². The molecule has 5 N–H and O–H groups in total. The van der Waals surface area contributed by atoms with Crippen molar-refractivity contribution < 1.29 is 36.2 Å². The van der Waals surface area contributed by atoms with Crippen LogP contribution in [0.4, 0.5) is 17.1 Å². The van der Waals surface area contributed by atoms with Gasteiger partial charge in [0.05, 0.1) is 23.7 Å². The molecule has 0 radical (unpaired) electrons. The maximum absolute atomic E-state index is 13.5. The Bertz CT molecular complexity index is 3880. The summed E-state index contributed by atoms with van der Waals surface area (Å²) in [5.74, 6) is 1.50. The van der Waals surface area contributed by atoms with Crippen LogP contribution >= 0.6 is 80.3 Å². The summed E-state index contributed by atoms with van der Waals surface area (Å²) < 4.78 is 66.1. The maximum atomic E-state index is 13.5. The first-order valence-electron chi connectivity index (χ1n) is 26.8. The molecule has 1 heterocycles. The Morgan fingerprint density at radius 1 is 0.534 bits per heavy atom. The molecular weight excluding hydrogens is 1300 g/mol. The predicted octanol–water partition coefficient (Wildman–Crippen LogP) is 19.8. The summed E-state index contributed by atoms with van der Waals surface area (Å²) in [5.41, 5.74) is 17.8. The van der Waals surface area contributed by atoms with Gasteiger partial charge < -0.3 is 30.8 Å². The summed E-state index contributed by atoms with van der Waals surface area (Å²) in [5, 5.41) is 14.5. The summed E-state index contributed by atoms with van der Waals surface area (Å²) in [4.78, 5) is 0. The highest BCUT2D eigenvalue weighted by Crippen LogP contribution is 2.29. The summed E-state index contributed by atoms with van der Waals surface area (Å²) in [7, 11) is -2.50. The van der Waals surface area contributed by atoms with Crippen LogP contribution in [-0.2, 0) is 43.6 Å². The quantitative estimate of drug-likeness (QED) is 0.0663. The van der Waals surface area contributed by atoms with Gasteiger partial charge in [-0.25, -0.2) is 16.8 Å². The first-order valence-corrected chi connectivity index (χ1v) is 33.0. The lowest BCUT2D eigenvalue weighted by Crippen LogP contribution is -2.28. The lowest BCUT2D eigenvalue weighted by Gasteiger charge is -2.23. The Morgan fingerprint density at radius 2 is 0.955 bits per heavy atom. The van der Waals surface area contributed by atoms with E-state index in [0.29, 0.717) is 78.4 Å². The van der Waals surface area contributed by atoms with Crippen molar-refractivity contribution in [1.82, 2.24) is 0 Å². The number of sulfonamides is 1. The van der Waals surface area contributed by atoms with Crippen molar-refractivity contribution in [2.24, 2.45) is 0 Å². The van der Waals surface area contributed by atoms with E-state index in [-0.39, 0.29) is 12.3 Å². The Labute approximate surface area is 551 Å². The number of hydrogen-bond acceptors (Lipinski definition) is 10. The van der Waals surface area contributed by atoms with Crippen LogP contribution < -0.4 is 25.2 Å². The van der Waals surface area contributed by atoms with Crippen molar-refractivity contribution in [3.8, 4) is 17.2 Å². The number of nitrogens with two attached hydrogens (primary N) is 2. The molecule has 20 heteroatoms. The highest BCUT2D eigenvalue weighted by Gasteiger charge is 2.21. The molecule has 0 amide bonds. The van der Waals surface area contributed by atoms with Crippen LogP contribution in [0.5, 0.6) is 17.2 Å². The van der Waals surface area contributed by atoms with Gasteiger partial charge in [-0.3, -0.25) is 4.31 Å². The smallest absolute Gasteiger partial charge is 0.257 e. The number of ether oxygens (including phenoxy) is 3. The van der Waals surface area contributed by atoms with Crippen molar-refractivity contribution in [2.45, 2.75) is 45.6 Å². The lowest BCUT2D eigenvalue weighted by molar-refractivity contribution is 0.125. The minimum atomic E-state index is -3.89. The number of rotatable bonds is 15. The van der Waals surface area contributed by atoms with Crippen LogP contribution in [0, 0.1) is 0 Å². The zero-order valence-corrected chi connectivity index (χ0v) is 54.5. The van der Waals surface area contributed by atoms with Crippen molar-refractivity contribution in [1.29, 1.82) is 0 Å². The molecule has 0 saturated carbocycles. The van der Waals surface area contributed by atoms with E-state index in [1.54, 1.807) is 127 Å². The van der Waals surface area contributed by atoms with E-state index in [0.717, 1.165) is 45.0 Å². The monoisotopic (exact) mass is 1360 g/mol. The van der Waals surface area contributed by atoms with Crippen LogP contribution in [0.25, 0.3) is 18.2 Å². The van der Waals surface area contributed by atoms with Gasteiger partial charge in [-0.05, 0) is 174 Å². The summed E-state index contributed by atoms with van der Waals surface area (Å²) in [6.45, 7) is 7.58. The van der Waals surface area contributed by atoms with Gasteiger partial charge in [-0.1, -0.05) is 173 Å². The zero-order chi connectivity index (χ0) is 63.9. The fourth-order valence-electron chi connectivity index (χ4n) is 7.56. The first kappa shape index (κ1) is 71.6. The third-order valence-corrected chi connectivity index (χ3v) is 15.4. The molecule has 9 aromatic carbocycles. The molecule has 1 unspecified atom stereocenters. The van der Waals surface area contributed by atoms with Crippen LogP contribution in [0.2, 0.25) is 30.1 Å². The highest BCUT2D eigenvalue weighted by atomic mass is 35.7. The molecule has 11 nitrogen and oxygen atoms in total. The molecule has 1 aliphatic heterocycles. The third kappa shape index (κ3) is 29.3. The van der Waals surface area contributed by atoms with E-state index in [9.17, 15) is 16.8 Å². The Hall–Kier alpha value is -7.11. The molecule has 0 spiro atoms. The van der Waals surface area contributed by atoms with Gasteiger partial charge in [0.25, 0.3) is 19.1 Å². The van der Waals surface area contributed by atoms with Gasteiger partial charge >= 0.3 is 0 Å². The molecule has 0 aliphatic carbocycles. The SMILES string of the molecule is C=Cc1cccc(Cl)c1.CC1CCCO1.Nc1cccc(O)c1.Nc1cccc(OCc2cccc(Cl)c2)c1.O=S(=O)(/C=C/c1cccc(Cl)c1)N(Cc1cccc(Cl)c1)c1cccc(OCc2cccc(Cl)c2)c1.O=S(=O)(Cl)/C=C/c1cccc(Cl)c1. The first-order chi connectivity index (χ1) is 42.0. The number of phenols is 1. The highest BCUT2D eigenvalue weighted by molar-refractivity contribution is 8.16. The second-order valence-corrected chi connectivity index (χ2v) is 25.8. The number of phenolic OH excluding ortho intramolecular Hbond substituents is 1. The second kappa shape index (κ2) is 37.7. The van der Waals surface area contributed by atoms with E-state index in [1.165, 1.54) is 40.8 Å². The average Bonchev–Trinajstić information content (AvgIpc) is 3.50. The predicted molar refractivity (Wildman–Crippen MR) is 370 cm³/mol. The van der Waals surface area contributed by atoms with Gasteiger partial charge in [0.1, 0.15) is 30.5 Å². The van der Waals surface area contributed by atoms with E-state index in [1.807, 2.05) is 91.0 Å². The molecule has 1 fully saturated rings. The number of nitrogens with zero attached hydrogens (tertiary/aromatic N) is 1.